The van der Waals surface area contributed by atoms with Gasteiger partial charge in [0.15, 0.2) is 22.4 Å². The molecule has 0 aliphatic rings. The van der Waals surface area contributed by atoms with Gasteiger partial charge in [-0.2, -0.15) is 0 Å². The van der Waals surface area contributed by atoms with E-state index in [1.807, 2.05) is 91.0 Å². The molecule has 7 rings (SSSR count). The van der Waals surface area contributed by atoms with Crippen molar-refractivity contribution in [2.24, 2.45) is 0 Å². The predicted molar refractivity (Wildman–Crippen MR) is 200 cm³/mol. The first-order valence-corrected chi connectivity index (χ1v) is 16.8. The molecule has 16 heteroatoms. The van der Waals surface area contributed by atoms with Gasteiger partial charge in [-0.3, -0.25) is 19.2 Å². The first-order valence-electron chi connectivity index (χ1n) is 16.8. The summed E-state index contributed by atoms with van der Waals surface area (Å²) < 4.78 is 1.18. The van der Waals surface area contributed by atoms with Gasteiger partial charge in [-0.15, -0.1) is 9.46 Å². The SMILES string of the molecule is Cc1ncnc2c1c(O)c(C(=O)NCc1ccccc1)c(=O)n2O.Cc1ncnc2c1c(O)c(C(=O)NCc1ccccc1)c(=O)n2OCc1ccccc1. The zero-order chi connectivity index (χ0) is 39.1. The molecule has 55 heavy (non-hydrogen) atoms. The average Bonchev–Trinajstić information content (AvgIpc) is 3.19. The van der Waals surface area contributed by atoms with Crippen molar-refractivity contribution in [1.29, 1.82) is 0 Å². The topological polar surface area (TPSA) is 224 Å². The number of nitrogens with one attached hydrogen (secondary N) is 2. The lowest BCUT2D eigenvalue weighted by molar-refractivity contribution is 0.0890. The molecule has 0 unspecified atom stereocenters. The van der Waals surface area contributed by atoms with E-state index >= 15 is 0 Å². The second kappa shape index (κ2) is 16.4. The molecular weight excluding hydrogens is 708 g/mol. The molecule has 0 aliphatic heterocycles. The van der Waals surface area contributed by atoms with E-state index in [1.54, 1.807) is 13.8 Å². The molecule has 2 amide bonds. The molecule has 0 spiro atoms. The Kier molecular flexibility index (Phi) is 11.1. The van der Waals surface area contributed by atoms with Crippen molar-refractivity contribution >= 4 is 33.9 Å². The van der Waals surface area contributed by atoms with E-state index in [9.17, 15) is 34.6 Å². The standard InChI is InChI=1S/C23H20N4O4.C16H14N4O4/c1-15-18-20(28)19(22(29)24-12-16-8-4-2-5-9-16)23(30)27(21(18)26-14-25-15)31-13-17-10-6-3-7-11-17;1-9-11-13(21)12(16(23)20(24)14(11)19-8-18-9)15(22)17-7-10-5-3-2-4-6-10/h2-11,14,28H,12-13H2,1H3,(H,24,29);2-6,8,21,24H,7H2,1H3,(H,17,22). The van der Waals surface area contributed by atoms with Crippen LogP contribution < -0.4 is 26.6 Å². The highest BCUT2D eigenvalue weighted by Crippen LogP contribution is 2.28. The van der Waals surface area contributed by atoms with Gasteiger partial charge >= 0.3 is 11.1 Å². The molecular formula is C39H34N8O8. The maximum absolute atomic E-state index is 13.1. The zero-order valence-corrected chi connectivity index (χ0v) is 29.5. The highest BCUT2D eigenvalue weighted by molar-refractivity contribution is 6.03. The molecule has 16 nitrogen and oxygen atoms in total. The number of nitrogens with zero attached hydrogens (tertiary/aromatic N) is 6. The third kappa shape index (κ3) is 7.92. The van der Waals surface area contributed by atoms with Gasteiger partial charge in [-0.25, -0.2) is 19.9 Å². The first kappa shape index (κ1) is 37.1. The number of hydrogen-bond acceptors (Lipinski definition) is 12. The number of aromatic hydroxyl groups is 2. The van der Waals surface area contributed by atoms with Crippen LogP contribution in [0.3, 0.4) is 0 Å². The van der Waals surface area contributed by atoms with Crippen molar-refractivity contribution in [3.8, 4) is 11.5 Å². The summed E-state index contributed by atoms with van der Waals surface area (Å²) in [5, 5.41) is 36.5. The molecule has 0 fully saturated rings. The summed E-state index contributed by atoms with van der Waals surface area (Å²) in [4.78, 5) is 72.1. The Morgan fingerprint density at radius 1 is 0.618 bits per heavy atom. The maximum Gasteiger partial charge on any atom is 0.301 e. The number of aryl methyl sites for hydroxylation is 2. The van der Waals surface area contributed by atoms with Crippen LogP contribution >= 0.6 is 0 Å². The average molecular weight is 743 g/mol. The molecule has 4 aromatic heterocycles. The van der Waals surface area contributed by atoms with E-state index in [4.69, 9.17) is 4.84 Å². The van der Waals surface area contributed by atoms with Crippen LogP contribution in [0.2, 0.25) is 0 Å². The largest absolute Gasteiger partial charge is 0.506 e. The van der Waals surface area contributed by atoms with Crippen LogP contribution in [0.1, 0.15) is 48.8 Å². The Hall–Kier alpha value is -7.62. The Balaban J connectivity index is 0.000000193. The highest BCUT2D eigenvalue weighted by Gasteiger charge is 2.26. The fraction of sp³-hybridized carbons (Fsp3) is 0.128. The highest BCUT2D eigenvalue weighted by atomic mass is 16.7. The van der Waals surface area contributed by atoms with Crippen molar-refractivity contribution in [2.75, 3.05) is 0 Å². The molecule has 278 valence electrons. The molecule has 3 aromatic carbocycles. The molecule has 0 aliphatic carbocycles. The van der Waals surface area contributed by atoms with Crippen LogP contribution in [0.4, 0.5) is 0 Å². The number of rotatable bonds is 9. The lowest BCUT2D eigenvalue weighted by Gasteiger charge is -2.15. The predicted octanol–water partition coefficient (Wildman–Crippen LogP) is 3.34. The second-order valence-corrected chi connectivity index (χ2v) is 12.1. The normalized spacial score (nSPS) is 10.7. The van der Waals surface area contributed by atoms with Crippen LogP contribution in [0, 0.1) is 13.8 Å². The number of carbonyl (C=O) groups excluding carboxylic acids is 2. The van der Waals surface area contributed by atoms with Gasteiger partial charge in [-0.1, -0.05) is 91.0 Å². The molecule has 7 aromatic rings. The van der Waals surface area contributed by atoms with Crippen LogP contribution in [0.15, 0.2) is 113 Å². The van der Waals surface area contributed by atoms with Gasteiger partial charge in [0.2, 0.25) is 0 Å². The summed E-state index contributed by atoms with van der Waals surface area (Å²) in [5.41, 5.74) is 0.355. The number of benzene rings is 3. The monoisotopic (exact) mass is 742 g/mol. The fourth-order valence-corrected chi connectivity index (χ4v) is 5.62. The molecule has 0 radical (unpaired) electrons. The van der Waals surface area contributed by atoms with E-state index in [1.165, 1.54) is 6.33 Å². The molecule has 5 N–H and O–H groups in total. The van der Waals surface area contributed by atoms with Crippen LogP contribution in [-0.4, -0.2) is 56.6 Å². The van der Waals surface area contributed by atoms with Crippen LogP contribution in [-0.2, 0) is 19.7 Å². The Morgan fingerprint density at radius 3 is 1.53 bits per heavy atom. The lowest BCUT2D eigenvalue weighted by atomic mass is 10.1. The van der Waals surface area contributed by atoms with Crippen LogP contribution in [0.5, 0.6) is 11.5 Å². The van der Waals surface area contributed by atoms with Gasteiger partial charge in [0.25, 0.3) is 11.8 Å². The van der Waals surface area contributed by atoms with Gasteiger partial charge < -0.3 is 30.9 Å². The summed E-state index contributed by atoms with van der Waals surface area (Å²) in [5.74, 6) is -2.53. The number of aromatic nitrogens is 6. The van der Waals surface area contributed by atoms with Gasteiger partial charge in [-0.05, 0) is 30.5 Å². The van der Waals surface area contributed by atoms with E-state index in [2.05, 4.69) is 30.6 Å². The number of hydrogen-bond donors (Lipinski definition) is 5. The Bertz CT molecular complexity index is 2630. The fourth-order valence-electron chi connectivity index (χ4n) is 5.62. The number of fused-ring (bicyclic) bond motifs is 2. The number of amides is 2. The lowest BCUT2D eigenvalue weighted by Crippen LogP contribution is -2.36. The molecule has 0 bridgehead atoms. The summed E-state index contributed by atoms with van der Waals surface area (Å²) in [6.45, 7) is 3.67. The van der Waals surface area contributed by atoms with Crippen molar-refractivity contribution < 1.29 is 29.8 Å². The van der Waals surface area contributed by atoms with E-state index < -0.39 is 45.6 Å². The summed E-state index contributed by atoms with van der Waals surface area (Å²) in [6, 6.07) is 27.6. The molecule has 4 heterocycles. The quantitative estimate of drug-likeness (QED) is 0.134. The third-order valence-electron chi connectivity index (χ3n) is 8.43. The van der Waals surface area contributed by atoms with Crippen molar-refractivity contribution in [3.63, 3.8) is 0 Å². The van der Waals surface area contributed by atoms with Gasteiger partial charge in [0.1, 0.15) is 30.8 Å². The van der Waals surface area contributed by atoms with Crippen molar-refractivity contribution in [2.45, 2.75) is 33.5 Å². The smallest absolute Gasteiger partial charge is 0.301 e. The maximum atomic E-state index is 13.1. The minimum atomic E-state index is -1.05. The van der Waals surface area contributed by atoms with Crippen molar-refractivity contribution in [3.05, 3.63) is 164 Å². The first-order chi connectivity index (χ1) is 26.6. The minimum absolute atomic E-state index is 0.0458. The third-order valence-corrected chi connectivity index (χ3v) is 8.43. The van der Waals surface area contributed by atoms with Gasteiger partial charge in [0.05, 0.1) is 22.2 Å². The second-order valence-electron chi connectivity index (χ2n) is 12.1. The zero-order valence-electron chi connectivity index (χ0n) is 29.5. The summed E-state index contributed by atoms with van der Waals surface area (Å²) in [7, 11) is 0. The van der Waals surface area contributed by atoms with E-state index in [-0.39, 0.29) is 46.5 Å². The molecule has 0 saturated heterocycles. The molecule has 0 saturated carbocycles. The van der Waals surface area contributed by atoms with E-state index in [0.717, 1.165) is 27.7 Å². The number of pyridine rings is 2. The minimum Gasteiger partial charge on any atom is -0.506 e. The number of carbonyl (C=O) groups is 2. The summed E-state index contributed by atoms with van der Waals surface area (Å²) >= 11 is 0. The molecule has 0 atom stereocenters. The Labute approximate surface area is 311 Å². The van der Waals surface area contributed by atoms with Gasteiger partial charge in [0, 0.05) is 13.1 Å². The summed E-state index contributed by atoms with van der Waals surface area (Å²) in [6.07, 6.45) is 2.42. The van der Waals surface area contributed by atoms with Crippen molar-refractivity contribution in [1.82, 2.24) is 40.0 Å². The Morgan fingerprint density at radius 2 is 1.04 bits per heavy atom. The van der Waals surface area contributed by atoms with Crippen LogP contribution in [0.25, 0.3) is 22.1 Å². The van der Waals surface area contributed by atoms with E-state index in [0.29, 0.717) is 11.4 Å².